The largest absolute Gasteiger partial charge is 0.392 e. The molecule has 4 atom stereocenters. The van der Waals surface area contributed by atoms with Gasteiger partial charge in [-0.05, 0) is 62.6 Å². The Balaban J connectivity index is 1.67. The first-order chi connectivity index (χ1) is 15.0. The summed E-state index contributed by atoms with van der Waals surface area (Å²) in [6, 6.07) is 19.2. The Morgan fingerprint density at radius 2 is 1.84 bits per heavy atom. The van der Waals surface area contributed by atoms with Crippen LogP contribution in [-0.4, -0.2) is 46.6 Å². The zero-order valence-corrected chi connectivity index (χ0v) is 18.7. The number of aliphatic hydroxyl groups is 2. The minimum Gasteiger partial charge on any atom is -0.392 e. The van der Waals surface area contributed by atoms with Gasteiger partial charge in [-0.3, -0.25) is 4.90 Å². The molecule has 2 aliphatic heterocycles. The second-order valence-corrected chi connectivity index (χ2v) is 9.27. The number of nitrogens with zero attached hydrogens (tertiary/aromatic N) is 2. The summed E-state index contributed by atoms with van der Waals surface area (Å²) >= 11 is 0. The molecule has 1 saturated heterocycles. The Kier molecular flexibility index (Phi) is 7.11. The summed E-state index contributed by atoms with van der Waals surface area (Å²) in [7, 11) is 0. The molecule has 2 aliphatic rings. The third-order valence-electron chi connectivity index (χ3n) is 6.87. The molecule has 2 aromatic rings. The maximum atomic E-state index is 11.9. The highest BCUT2D eigenvalue weighted by atomic mass is 16.3. The summed E-state index contributed by atoms with van der Waals surface area (Å²) in [5.41, 5.74) is 4.87. The average Bonchev–Trinajstić information content (AvgIpc) is 3.21. The summed E-state index contributed by atoms with van der Waals surface area (Å²) in [6.45, 7) is 7.59. The van der Waals surface area contributed by atoms with Crippen LogP contribution >= 0.6 is 0 Å². The lowest BCUT2D eigenvalue weighted by molar-refractivity contribution is 0.0385. The summed E-state index contributed by atoms with van der Waals surface area (Å²) in [5.74, 6) is 0. The molecule has 0 spiro atoms. The third-order valence-corrected chi connectivity index (χ3v) is 6.87. The van der Waals surface area contributed by atoms with Crippen molar-refractivity contribution in [1.29, 1.82) is 0 Å². The Hall–Kier alpha value is -2.14. The maximum absolute atomic E-state index is 11.9. The first-order valence-corrected chi connectivity index (χ1v) is 11.7. The molecule has 1 fully saturated rings. The zero-order valence-electron chi connectivity index (χ0n) is 18.7. The molecule has 166 valence electrons. The Labute approximate surface area is 186 Å². The van der Waals surface area contributed by atoms with Crippen molar-refractivity contribution in [3.05, 3.63) is 77.9 Å². The molecular formula is C27H36N2O2. The molecular weight excluding hydrogens is 384 g/mol. The van der Waals surface area contributed by atoms with Gasteiger partial charge in [0, 0.05) is 18.8 Å². The van der Waals surface area contributed by atoms with Crippen molar-refractivity contribution in [1.82, 2.24) is 4.90 Å². The molecule has 4 unspecified atom stereocenters. The first kappa shape index (κ1) is 22.1. The Morgan fingerprint density at radius 3 is 2.55 bits per heavy atom. The van der Waals surface area contributed by atoms with Crippen LogP contribution in [-0.2, 0) is 6.42 Å². The van der Waals surface area contributed by atoms with Crippen molar-refractivity contribution >= 4 is 5.69 Å². The fourth-order valence-electron chi connectivity index (χ4n) is 5.29. The van der Waals surface area contributed by atoms with E-state index in [1.165, 1.54) is 16.7 Å². The van der Waals surface area contributed by atoms with Crippen LogP contribution in [0.5, 0.6) is 0 Å². The van der Waals surface area contributed by atoms with Crippen LogP contribution in [0.2, 0.25) is 0 Å². The molecule has 4 rings (SSSR count). The molecule has 0 amide bonds. The zero-order chi connectivity index (χ0) is 21.8. The second-order valence-electron chi connectivity index (χ2n) is 9.27. The average molecular weight is 421 g/mol. The topological polar surface area (TPSA) is 46.9 Å². The monoisotopic (exact) mass is 420 g/mol. The van der Waals surface area contributed by atoms with E-state index in [9.17, 15) is 10.2 Å². The number of para-hydroxylation sites is 1. The molecule has 0 aromatic heterocycles. The SMILES string of the molecule is C=C(C)CCCC(C(O)N1c2ccccc2CCC1c1ccccc1)N1CCC(O)C1. The summed E-state index contributed by atoms with van der Waals surface area (Å²) in [6.07, 6.45) is 4.70. The number of anilines is 1. The first-order valence-electron chi connectivity index (χ1n) is 11.7. The number of allylic oxidation sites excluding steroid dienone is 1. The van der Waals surface area contributed by atoms with Crippen LogP contribution in [0, 0.1) is 0 Å². The normalized spacial score (nSPS) is 23.4. The van der Waals surface area contributed by atoms with Crippen LogP contribution in [0.3, 0.4) is 0 Å². The number of aliphatic hydroxyl groups excluding tert-OH is 2. The quantitative estimate of drug-likeness (QED) is 0.609. The van der Waals surface area contributed by atoms with E-state index in [1.54, 1.807) is 0 Å². The van der Waals surface area contributed by atoms with Crippen molar-refractivity contribution in [3.8, 4) is 0 Å². The number of hydrogen-bond donors (Lipinski definition) is 2. The summed E-state index contributed by atoms with van der Waals surface area (Å²) in [4.78, 5) is 4.55. The fraction of sp³-hybridized carbons (Fsp3) is 0.481. The van der Waals surface area contributed by atoms with E-state index < -0.39 is 6.23 Å². The van der Waals surface area contributed by atoms with Gasteiger partial charge in [0.1, 0.15) is 6.23 Å². The molecule has 0 bridgehead atoms. The maximum Gasteiger partial charge on any atom is 0.143 e. The summed E-state index contributed by atoms with van der Waals surface area (Å²) in [5, 5.41) is 22.1. The van der Waals surface area contributed by atoms with Gasteiger partial charge in [-0.25, -0.2) is 0 Å². The molecule has 2 aromatic carbocycles. The van der Waals surface area contributed by atoms with Gasteiger partial charge < -0.3 is 15.1 Å². The van der Waals surface area contributed by atoms with Crippen molar-refractivity contribution in [3.63, 3.8) is 0 Å². The van der Waals surface area contributed by atoms with Crippen molar-refractivity contribution in [2.24, 2.45) is 0 Å². The Bertz CT molecular complexity index is 869. The number of benzene rings is 2. The highest BCUT2D eigenvalue weighted by Gasteiger charge is 2.39. The second kappa shape index (κ2) is 9.99. The number of rotatable bonds is 8. The van der Waals surface area contributed by atoms with Gasteiger partial charge >= 0.3 is 0 Å². The molecule has 4 heteroatoms. The predicted molar refractivity (Wildman–Crippen MR) is 127 cm³/mol. The molecule has 31 heavy (non-hydrogen) atoms. The van der Waals surface area contributed by atoms with Crippen LogP contribution in [0.4, 0.5) is 5.69 Å². The van der Waals surface area contributed by atoms with Crippen LogP contribution in [0.1, 0.15) is 56.2 Å². The van der Waals surface area contributed by atoms with Crippen LogP contribution < -0.4 is 4.90 Å². The van der Waals surface area contributed by atoms with Gasteiger partial charge in [-0.1, -0.05) is 54.1 Å². The number of fused-ring (bicyclic) bond motifs is 1. The van der Waals surface area contributed by atoms with Gasteiger partial charge in [0.15, 0.2) is 0 Å². The smallest absolute Gasteiger partial charge is 0.143 e. The van der Waals surface area contributed by atoms with Gasteiger partial charge in [0.2, 0.25) is 0 Å². The number of β-amino-alcohol motifs (C(OH)–C–C–N with tert-alkyl or cyclic N) is 1. The number of likely N-dealkylation sites (tertiary alicyclic amines) is 1. The van der Waals surface area contributed by atoms with Crippen LogP contribution in [0.15, 0.2) is 66.7 Å². The highest BCUT2D eigenvalue weighted by Crippen LogP contribution is 2.41. The lowest BCUT2D eigenvalue weighted by atomic mass is 9.89. The molecule has 0 saturated carbocycles. The Morgan fingerprint density at radius 1 is 1.10 bits per heavy atom. The molecule has 2 heterocycles. The predicted octanol–water partition coefficient (Wildman–Crippen LogP) is 4.68. The van der Waals surface area contributed by atoms with E-state index in [1.807, 2.05) is 6.07 Å². The standard InChI is InChI=1S/C27H36N2O2/c1-20(2)9-8-14-26(28-18-17-23(30)19-28)27(31)29-24-13-7-6-12-22(24)15-16-25(29)21-10-4-3-5-11-21/h3-7,10-13,23,25-27,30-31H,1,8-9,14-19H2,2H3. The van der Waals surface area contributed by atoms with Crippen molar-refractivity contribution in [2.45, 2.75) is 69.9 Å². The van der Waals surface area contributed by atoms with Gasteiger partial charge in [0.05, 0.1) is 18.2 Å². The van der Waals surface area contributed by atoms with E-state index in [-0.39, 0.29) is 18.2 Å². The van der Waals surface area contributed by atoms with Crippen molar-refractivity contribution < 1.29 is 10.2 Å². The molecule has 0 aliphatic carbocycles. The van der Waals surface area contributed by atoms with E-state index >= 15 is 0 Å². The van der Waals surface area contributed by atoms with E-state index in [0.29, 0.717) is 6.54 Å². The fourth-order valence-corrected chi connectivity index (χ4v) is 5.29. The number of hydrogen-bond acceptors (Lipinski definition) is 4. The third kappa shape index (κ3) is 5.03. The lowest BCUT2D eigenvalue weighted by Gasteiger charge is -2.46. The van der Waals surface area contributed by atoms with Gasteiger partial charge in [0.25, 0.3) is 0 Å². The van der Waals surface area contributed by atoms with E-state index in [2.05, 4.69) is 71.8 Å². The highest BCUT2D eigenvalue weighted by molar-refractivity contribution is 5.58. The van der Waals surface area contributed by atoms with Gasteiger partial charge in [-0.2, -0.15) is 0 Å². The van der Waals surface area contributed by atoms with E-state index in [4.69, 9.17) is 0 Å². The van der Waals surface area contributed by atoms with Crippen LogP contribution in [0.25, 0.3) is 0 Å². The van der Waals surface area contributed by atoms with Crippen molar-refractivity contribution in [2.75, 3.05) is 18.0 Å². The summed E-state index contributed by atoms with van der Waals surface area (Å²) < 4.78 is 0. The molecule has 0 radical (unpaired) electrons. The van der Waals surface area contributed by atoms with E-state index in [0.717, 1.165) is 50.8 Å². The molecule has 2 N–H and O–H groups in total. The number of aryl methyl sites for hydroxylation is 1. The minimum atomic E-state index is -0.637. The minimum absolute atomic E-state index is 0.0196. The van der Waals surface area contributed by atoms with Gasteiger partial charge in [-0.15, -0.1) is 6.58 Å². The molecule has 4 nitrogen and oxygen atoms in total. The lowest BCUT2D eigenvalue weighted by Crippen LogP contribution is -2.54.